The van der Waals surface area contributed by atoms with Gasteiger partial charge < -0.3 is 0 Å². The van der Waals surface area contributed by atoms with Gasteiger partial charge in [-0.1, -0.05) is 91.5 Å². The summed E-state index contributed by atoms with van der Waals surface area (Å²) >= 11 is 0. The molecule has 2 aliphatic carbocycles. The molecule has 0 aromatic rings. The zero-order valence-corrected chi connectivity index (χ0v) is 52.3. The Hall–Kier alpha value is -1.25. The largest absolute Gasteiger partial charge is 0.298 e. The molecule has 0 radical (unpaired) electrons. The quantitative estimate of drug-likeness (QED) is 0.192. The average Bonchev–Trinajstić information content (AvgIpc) is 4.14. The second-order valence-corrected chi connectivity index (χ2v) is 26.2. The molecular formula is C63H127N7. The first kappa shape index (κ1) is 66.8. The minimum atomic E-state index is 0.513. The molecule has 0 amide bonds. The Bertz CT molecular complexity index is 1440. The predicted molar refractivity (Wildman–Crippen MR) is 315 cm³/mol. The summed E-state index contributed by atoms with van der Waals surface area (Å²) in [5.41, 5.74) is 7.13. The Balaban J connectivity index is 0.000000420. The van der Waals surface area contributed by atoms with Crippen molar-refractivity contribution >= 4 is 6.21 Å². The Kier molecular flexibility index (Phi) is 31.4. The summed E-state index contributed by atoms with van der Waals surface area (Å²) in [6, 6.07) is 5.41. The van der Waals surface area contributed by atoms with Crippen molar-refractivity contribution in [2.24, 2.45) is 46.0 Å². The molecule has 1 unspecified atom stereocenters. The number of allylic oxidation sites excluding steroid dienone is 4. The van der Waals surface area contributed by atoms with Crippen molar-refractivity contribution in [3.63, 3.8) is 0 Å². The van der Waals surface area contributed by atoms with E-state index in [4.69, 9.17) is 0 Å². The molecule has 0 N–H and O–H groups in total. The standard InChI is InChI=1S/C12H25N.C12H22.C11H20.C10H22N2.C9H20N2.C9H18N2/c1-9(2)11(5)12-7-6-8-13(12)10(3)4;1-9(2)11-7-6-8-12(11,5)10(3)4;1-8(2)10-6-5-7-11(10)9(3)4;1-9(2)11-7-5-6-8-12(11)10(3)4;1-8(2)10-6-5-7-11(10)9(3)4;1-7(2)9-5-6-10-11(9)8(3)4/h9-12H,6-8H2,1-5H3;10H,6-8H2,1-5H3;8,10H,5-7H2,1-4H3;9-10H,5-8H2,1-4H3;8-9H,5-7H2,1-4H3;6-9H,5H2,1-4H3/t11?,12-;12-;10-;;;9-/m000..0/s1. The third-order valence-corrected chi connectivity index (χ3v) is 17.3. The van der Waals surface area contributed by atoms with Crippen LogP contribution in [0.15, 0.2) is 27.4 Å². The lowest BCUT2D eigenvalue weighted by Gasteiger charge is -2.43. The van der Waals surface area contributed by atoms with Gasteiger partial charge in [0.1, 0.15) is 0 Å². The van der Waals surface area contributed by atoms with Gasteiger partial charge in [-0.25, -0.2) is 20.0 Å². The first-order chi connectivity index (χ1) is 32.5. The fourth-order valence-corrected chi connectivity index (χ4v) is 12.4. The van der Waals surface area contributed by atoms with E-state index in [2.05, 4.69) is 215 Å². The fraction of sp³-hybridized carbons (Fsp3) is 0.921. The maximum Gasteiger partial charge on any atom is 0.0546 e. The molecule has 0 spiro atoms. The SMILES string of the molecule is CC(C)=C1CCC[C@@]1(C)C(C)C.CC(C)=C1CCC[C@H]1C(C)C.CC(C)C(C)[C@@H]1CCCN1C(C)C.CC(C)N1CCCCN1C(C)C.CC(C)N1CCCN1C(C)C.CC(C)[C@@H]1CC=NN1C(C)C. The van der Waals surface area contributed by atoms with Crippen molar-refractivity contribution in [3.8, 4) is 0 Å². The molecule has 0 bridgehead atoms. The number of hydrazone groups is 1. The van der Waals surface area contributed by atoms with Crippen LogP contribution in [0.25, 0.3) is 0 Å². The monoisotopic (exact) mass is 982 g/mol. The van der Waals surface area contributed by atoms with E-state index in [-0.39, 0.29) is 0 Å². The molecule has 6 rings (SSSR count). The summed E-state index contributed by atoms with van der Waals surface area (Å²) in [6.45, 7) is 66.0. The van der Waals surface area contributed by atoms with Gasteiger partial charge in [-0.15, -0.1) is 0 Å². The summed E-state index contributed by atoms with van der Waals surface area (Å²) in [7, 11) is 0. The van der Waals surface area contributed by atoms with Crippen LogP contribution in [0.3, 0.4) is 0 Å². The van der Waals surface area contributed by atoms with Crippen LogP contribution in [0.2, 0.25) is 0 Å². The van der Waals surface area contributed by atoms with Crippen LogP contribution < -0.4 is 0 Å². The topological polar surface area (TPSA) is 31.8 Å². The highest BCUT2D eigenvalue weighted by Gasteiger charge is 2.37. The number of hydrogen-bond donors (Lipinski definition) is 0. The number of nitrogens with zero attached hydrogens (tertiary/aromatic N) is 7. The number of rotatable bonds is 11. The van der Waals surface area contributed by atoms with E-state index >= 15 is 0 Å². The number of hydrogen-bond acceptors (Lipinski definition) is 7. The summed E-state index contributed by atoms with van der Waals surface area (Å²) < 4.78 is 0. The zero-order chi connectivity index (χ0) is 53.8. The van der Waals surface area contributed by atoms with Crippen molar-refractivity contribution in [2.75, 3.05) is 32.7 Å². The number of hydrazine groups is 2. The van der Waals surface area contributed by atoms with Crippen molar-refractivity contribution in [2.45, 2.75) is 305 Å². The minimum Gasteiger partial charge on any atom is -0.298 e. The third kappa shape index (κ3) is 21.2. The lowest BCUT2D eigenvalue weighted by Crippen LogP contribution is -2.53. The first-order valence-corrected chi connectivity index (χ1v) is 30.0. The van der Waals surface area contributed by atoms with Gasteiger partial charge in [0.2, 0.25) is 0 Å². The molecule has 70 heavy (non-hydrogen) atoms. The summed E-state index contributed by atoms with van der Waals surface area (Å²) in [5, 5.41) is 16.5. The van der Waals surface area contributed by atoms with Gasteiger partial charge in [0.15, 0.2) is 0 Å². The molecule has 7 nitrogen and oxygen atoms in total. The fourth-order valence-electron chi connectivity index (χ4n) is 12.4. The molecule has 4 aliphatic heterocycles. The maximum atomic E-state index is 4.35. The Morgan fingerprint density at radius 1 is 0.500 bits per heavy atom. The lowest BCUT2D eigenvalue weighted by atomic mass is 9.73. The molecule has 6 aliphatic rings. The molecular weight excluding hydrogens is 855 g/mol. The molecule has 3 saturated heterocycles. The van der Waals surface area contributed by atoms with Gasteiger partial charge in [-0.05, 0) is 229 Å². The molecule has 4 heterocycles. The van der Waals surface area contributed by atoms with Crippen LogP contribution in [-0.4, -0.2) is 117 Å². The van der Waals surface area contributed by atoms with E-state index in [0.29, 0.717) is 47.6 Å². The molecule has 5 fully saturated rings. The van der Waals surface area contributed by atoms with E-state index in [1.807, 2.05) is 6.21 Å². The summed E-state index contributed by atoms with van der Waals surface area (Å²) in [5.74, 6) is 4.93. The van der Waals surface area contributed by atoms with Gasteiger partial charge in [0.05, 0.1) is 6.04 Å². The molecule has 414 valence electrons. The molecule has 2 saturated carbocycles. The molecule has 5 atom stereocenters. The van der Waals surface area contributed by atoms with Crippen molar-refractivity contribution in [3.05, 3.63) is 22.3 Å². The van der Waals surface area contributed by atoms with E-state index in [0.717, 1.165) is 48.1 Å². The van der Waals surface area contributed by atoms with E-state index in [1.54, 1.807) is 22.3 Å². The number of likely N-dealkylation sites (tertiary alicyclic amines) is 1. The smallest absolute Gasteiger partial charge is 0.0546 e. The Morgan fingerprint density at radius 3 is 1.31 bits per heavy atom. The summed E-state index contributed by atoms with van der Waals surface area (Å²) in [6.07, 6.45) is 18.4. The van der Waals surface area contributed by atoms with Gasteiger partial charge in [-0.3, -0.25) is 9.91 Å². The van der Waals surface area contributed by atoms with Crippen molar-refractivity contribution < 1.29 is 0 Å². The maximum absolute atomic E-state index is 4.35. The second kappa shape index (κ2) is 32.9. The van der Waals surface area contributed by atoms with Crippen molar-refractivity contribution in [1.29, 1.82) is 0 Å². The highest BCUT2D eigenvalue weighted by Crippen LogP contribution is 2.49. The predicted octanol–water partition coefficient (Wildman–Crippen LogP) is 17.1. The van der Waals surface area contributed by atoms with Gasteiger partial charge in [0.25, 0.3) is 0 Å². The van der Waals surface area contributed by atoms with Crippen LogP contribution >= 0.6 is 0 Å². The molecule has 0 aromatic carbocycles. The van der Waals surface area contributed by atoms with Crippen LogP contribution in [0.1, 0.15) is 257 Å². The molecule has 0 aromatic heterocycles. The Morgan fingerprint density at radius 2 is 0.986 bits per heavy atom. The molecule has 7 heteroatoms. The minimum absolute atomic E-state index is 0.513. The normalized spacial score (nSPS) is 25.3. The highest BCUT2D eigenvalue weighted by molar-refractivity contribution is 5.60. The first-order valence-electron chi connectivity index (χ1n) is 30.0. The third-order valence-electron chi connectivity index (χ3n) is 17.3. The van der Waals surface area contributed by atoms with Gasteiger partial charge in [-0.2, -0.15) is 5.10 Å². The van der Waals surface area contributed by atoms with E-state index in [1.165, 1.54) is 103 Å². The highest BCUT2D eigenvalue weighted by atomic mass is 15.7. The zero-order valence-electron chi connectivity index (χ0n) is 52.3. The Labute approximate surface area is 440 Å². The van der Waals surface area contributed by atoms with Crippen LogP contribution in [0.5, 0.6) is 0 Å². The van der Waals surface area contributed by atoms with E-state index < -0.39 is 0 Å². The van der Waals surface area contributed by atoms with Crippen LogP contribution in [-0.2, 0) is 0 Å². The average molecular weight is 983 g/mol. The van der Waals surface area contributed by atoms with Gasteiger partial charge in [0, 0.05) is 81.1 Å². The van der Waals surface area contributed by atoms with Gasteiger partial charge >= 0.3 is 0 Å². The summed E-state index contributed by atoms with van der Waals surface area (Å²) in [4.78, 5) is 2.69. The lowest BCUT2D eigenvalue weighted by molar-refractivity contribution is -0.0952. The van der Waals surface area contributed by atoms with E-state index in [9.17, 15) is 0 Å². The van der Waals surface area contributed by atoms with Crippen molar-refractivity contribution in [1.82, 2.24) is 29.9 Å². The second-order valence-electron chi connectivity index (χ2n) is 26.2. The van der Waals surface area contributed by atoms with Crippen LogP contribution in [0.4, 0.5) is 0 Å². The van der Waals surface area contributed by atoms with Crippen LogP contribution in [0, 0.1) is 40.9 Å².